The lowest BCUT2D eigenvalue weighted by molar-refractivity contribution is 0.0698. The zero-order chi connectivity index (χ0) is 19.8. The van der Waals surface area contributed by atoms with Gasteiger partial charge in [0.1, 0.15) is 10.6 Å². The zero-order valence-corrected chi connectivity index (χ0v) is 15.3. The molecule has 0 fully saturated rings. The van der Waals surface area contributed by atoms with Crippen LogP contribution in [-0.2, 0) is 9.84 Å². The number of sulfone groups is 1. The monoisotopic (exact) mass is 383 g/mol. The maximum atomic E-state index is 12.4. The number of carbonyl (C=O) groups is 1. The van der Waals surface area contributed by atoms with Crippen molar-refractivity contribution in [2.24, 2.45) is 0 Å². The number of phenols is 1. The highest BCUT2D eigenvalue weighted by molar-refractivity contribution is 7.91. The minimum absolute atomic E-state index is 0.0473. The Hall–Kier alpha value is -3.19. The van der Waals surface area contributed by atoms with Gasteiger partial charge in [-0.05, 0) is 18.6 Å². The van der Waals surface area contributed by atoms with Gasteiger partial charge in [-0.3, -0.25) is 0 Å². The summed E-state index contributed by atoms with van der Waals surface area (Å²) in [4.78, 5) is 16.1. The molecular formula is C20H17NO5S. The van der Waals surface area contributed by atoms with E-state index in [2.05, 4.69) is 11.6 Å². The van der Waals surface area contributed by atoms with Crippen molar-refractivity contribution in [3.8, 4) is 17.0 Å². The quantitative estimate of drug-likeness (QED) is 0.653. The Balaban J connectivity index is 2.41. The minimum Gasteiger partial charge on any atom is -0.507 e. The van der Waals surface area contributed by atoms with E-state index < -0.39 is 21.6 Å². The fraction of sp³-hybridized carbons (Fsp3) is 0.100. The predicted molar refractivity (Wildman–Crippen MR) is 103 cm³/mol. The van der Waals surface area contributed by atoms with Gasteiger partial charge in [0, 0.05) is 17.0 Å². The number of carboxylic acid groups (broad SMARTS) is 1. The van der Waals surface area contributed by atoms with Crippen LogP contribution in [0.3, 0.4) is 0 Å². The molecule has 138 valence electrons. The minimum atomic E-state index is -3.84. The van der Waals surface area contributed by atoms with Crippen molar-refractivity contribution in [1.82, 2.24) is 4.98 Å². The Labute approximate surface area is 156 Å². The first-order valence-electron chi connectivity index (χ1n) is 8.06. The number of aromatic hydroxyl groups is 1. The van der Waals surface area contributed by atoms with E-state index in [1.165, 1.54) is 18.2 Å². The average Bonchev–Trinajstić information content (AvgIpc) is 2.61. The Morgan fingerprint density at radius 2 is 1.89 bits per heavy atom. The molecule has 0 saturated carbocycles. The lowest BCUT2D eigenvalue weighted by Gasteiger charge is -2.14. The standard InChI is InChI=1S/C20H17NO5S/c1-3-9-27(25,26)17-10-14-15(11-16(17)22)21-19(12(2)18(14)20(23)24)13-7-5-4-6-8-13/h3-8,10-11,22H,1,9H2,2H3,(H,23,24). The van der Waals surface area contributed by atoms with Crippen molar-refractivity contribution in [3.63, 3.8) is 0 Å². The molecule has 2 aromatic carbocycles. The number of fused-ring (bicyclic) bond motifs is 1. The SMILES string of the molecule is C=CCS(=O)(=O)c1cc2c(C(=O)O)c(C)c(-c3ccccc3)nc2cc1O. The molecule has 0 spiro atoms. The van der Waals surface area contributed by atoms with Crippen LogP contribution in [0.1, 0.15) is 15.9 Å². The topological polar surface area (TPSA) is 105 Å². The van der Waals surface area contributed by atoms with Gasteiger partial charge in [0.2, 0.25) is 0 Å². The van der Waals surface area contributed by atoms with Crippen molar-refractivity contribution >= 4 is 26.7 Å². The van der Waals surface area contributed by atoms with Crippen LogP contribution in [0.4, 0.5) is 0 Å². The molecule has 0 amide bonds. The van der Waals surface area contributed by atoms with Gasteiger partial charge in [0.05, 0.1) is 22.5 Å². The van der Waals surface area contributed by atoms with Crippen LogP contribution < -0.4 is 0 Å². The van der Waals surface area contributed by atoms with Crippen molar-refractivity contribution in [2.75, 3.05) is 5.75 Å². The predicted octanol–water partition coefficient (Wildman–Crippen LogP) is 3.57. The molecule has 7 heteroatoms. The molecule has 6 nitrogen and oxygen atoms in total. The third-order valence-electron chi connectivity index (χ3n) is 4.24. The van der Waals surface area contributed by atoms with Crippen molar-refractivity contribution in [3.05, 3.63) is 66.2 Å². The van der Waals surface area contributed by atoms with E-state index >= 15 is 0 Å². The van der Waals surface area contributed by atoms with Gasteiger partial charge in [-0.25, -0.2) is 18.2 Å². The van der Waals surface area contributed by atoms with Crippen molar-refractivity contribution < 1.29 is 23.4 Å². The summed E-state index contributed by atoms with van der Waals surface area (Å²) < 4.78 is 24.7. The Kier molecular flexibility index (Phi) is 4.72. The summed E-state index contributed by atoms with van der Waals surface area (Å²) in [7, 11) is -3.84. The van der Waals surface area contributed by atoms with Crippen LogP contribution in [0.5, 0.6) is 5.75 Å². The first-order valence-corrected chi connectivity index (χ1v) is 9.71. The summed E-state index contributed by atoms with van der Waals surface area (Å²) in [6, 6.07) is 11.4. The second-order valence-electron chi connectivity index (χ2n) is 6.04. The number of pyridine rings is 1. The lowest BCUT2D eigenvalue weighted by Crippen LogP contribution is -2.08. The molecule has 0 bridgehead atoms. The van der Waals surface area contributed by atoms with Crippen LogP contribution in [0.25, 0.3) is 22.2 Å². The molecule has 0 unspecified atom stereocenters. The molecule has 0 atom stereocenters. The van der Waals surface area contributed by atoms with Crippen molar-refractivity contribution in [2.45, 2.75) is 11.8 Å². The number of hydrogen-bond donors (Lipinski definition) is 2. The van der Waals surface area contributed by atoms with E-state index in [4.69, 9.17) is 0 Å². The highest BCUT2D eigenvalue weighted by Gasteiger charge is 2.24. The average molecular weight is 383 g/mol. The van der Waals surface area contributed by atoms with Gasteiger partial charge in [-0.2, -0.15) is 0 Å². The van der Waals surface area contributed by atoms with Gasteiger partial charge >= 0.3 is 5.97 Å². The number of phenolic OH excluding ortho intramolecular Hbond substituents is 1. The maximum Gasteiger partial charge on any atom is 0.336 e. The van der Waals surface area contributed by atoms with Crippen LogP contribution >= 0.6 is 0 Å². The van der Waals surface area contributed by atoms with E-state index in [1.807, 2.05) is 18.2 Å². The van der Waals surface area contributed by atoms with E-state index in [9.17, 15) is 23.4 Å². The van der Waals surface area contributed by atoms with Crippen molar-refractivity contribution in [1.29, 1.82) is 0 Å². The Morgan fingerprint density at radius 1 is 1.22 bits per heavy atom. The fourth-order valence-corrected chi connectivity index (χ4v) is 4.19. The molecular weight excluding hydrogens is 366 g/mol. The van der Waals surface area contributed by atoms with E-state index in [-0.39, 0.29) is 27.1 Å². The summed E-state index contributed by atoms with van der Waals surface area (Å²) in [6.07, 6.45) is 1.21. The molecule has 1 heterocycles. The molecule has 0 radical (unpaired) electrons. The summed E-state index contributed by atoms with van der Waals surface area (Å²) in [5, 5.41) is 20.1. The van der Waals surface area contributed by atoms with Gasteiger partial charge in [-0.15, -0.1) is 6.58 Å². The number of carboxylic acids is 1. The van der Waals surface area contributed by atoms with Crippen LogP contribution in [-0.4, -0.2) is 35.3 Å². The normalized spacial score (nSPS) is 11.4. The highest BCUT2D eigenvalue weighted by atomic mass is 32.2. The molecule has 27 heavy (non-hydrogen) atoms. The largest absolute Gasteiger partial charge is 0.507 e. The summed E-state index contributed by atoms with van der Waals surface area (Å²) in [6.45, 7) is 5.03. The second-order valence-corrected chi connectivity index (χ2v) is 8.04. The molecule has 2 N–H and O–H groups in total. The third-order valence-corrected chi connectivity index (χ3v) is 5.91. The van der Waals surface area contributed by atoms with E-state index in [0.29, 0.717) is 11.3 Å². The van der Waals surface area contributed by atoms with Crippen LogP contribution in [0, 0.1) is 6.92 Å². The Bertz CT molecular complexity index is 1170. The first kappa shape index (κ1) is 18.6. The molecule has 0 aliphatic carbocycles. The second kappa shape index (κ2) is 6.85. The lowest BCUT2D eigenvalue weighted by atomic mass is 9.97. The molecule has 0 aliphatic rings. The fourth-order valence-electron chi connectivity index (χ4n) is 3.02. The molecule has 0 saturated heterocycles. The highest BCUT2D eigenvalue weighted by Crippen LogP contribution is 2.35. The summed E-state index contributed by atoms with van der Waals surface area (Å²) >= 11 is 0. The molecule has 3 aromatic rings. The smallest absolute Gasteiger partial charge is 0.336 e. The molecule has 1 aromatic heterocycles. The number of aromatic nitrogens is 1. The van der Waals surface area contributed by atoms with Gasteiger partial charge in [0.25, 0.3) is 0 Å². The number of aromatic carboxylic acids is 1. The molecule has 0 aliphatic heterocycles. The number of hydrogen-bond acceptors (Lipinski definition) is 5. The van der Waals surface area contributed by atoms with Gasteiger partial charge in [-0.1, -0.05) is 36.4 Å². The zero-order valence-electron chi connectivity index (χ0n) is 14.5. The molecule has 3 rings (SSSR count). The maximum absolute atomic E-state index is 12.4. The number of nitrogens with zero attached hydrogens (tertiary/aromatic N) is 1. The van der Waals surface area contributed by atoms with Gasteiger partial charge < -0.3 is 10.2 Å². The summed E-state index contributed by atoms with van der Waals surface area (Å²) in [5.41, 5.74) is 1.75. The first-order chi connectivity index (χ1) is 12.8. The third kappa shape index (κ3) is 3.29. The number of rotatable bonds is 5. The Morgan fingerprint density at radius 3 is 2.48 bits per heavy atom. The van der Waals surface area contributed by atoms with E-state index in [0.717, 1.165) is 5.56 Å². The van der Waals surface area contributed by atoms with Crippen LogP contribution in [0.15, 0.2) is 60.0 Å². The number of benzene rings is 2. The summed E-state index contributed by atoms with van der Waals surface area (Å²) in [5.74, 6) is -2.05. The van der Waals surface area contributed by atoms with Crippen LogP contribution in [0.2, 0.25) is 0 Å². The van der Waals surface area contributed by atoms with E-state index in [1.54, 1.807) is 19.1 Å². The van der Waals surface area contributed by atoms with Gasteiger partial charge in [0.15, 0.2) is 9.84 Å².